The van der Waals surface area contributed by atoms with Crippen molar-refractivity contribution in [1.29, 1.82) is 0 Å². The number of ether oxygens (including phenoxy) is 1. The first-order valence-electron chi connectivity index (χ1n) is 12.6. The number of likely N-dealkylation sites (tertiary alicyclic amines) is 1. The molecule has 34 heavy (non-hydrogen) atoms. The van der Waals surface area contributed by atoms with E-state index in [4.69, 9.17) is 4.74 Å². The van der Waals surface area contributed by atoms with Crippen LogP contribution in [0.15, 0.2) is 42.5 Å². The van der Waals surface area contributed by atoms with E-state index >= 15 is 0 Å². The van der Waals surface area contributed by atoms with E-state index in [0.29, 0.717) is 42.3 Å². The topological polar surface area (TPSA) is 66.8 Å². The van der Waals surface area contributed by atoms with Gasteiger partial charge in [-0.05, 0) is 90.7 Å². The minimum atomic E-state index is -1.05. The van der Waals surface area contributed by atoms with Crippen molar-refractivity contribution in [1.82, 2.24) is 4.90 Å². The van der Waals surface area contributed by atoms with Gasteiger partial charge in [0.2, 0.25) is 0 Å². The summed E-state index contributed by atoms with van der Waals surface area (Å²) in [5.74, 6) is 0.519. The summed E-state index contributed by atoms with van der Waals surface area (Å²) in [7, 11) is 0. The standard InChI is InChI=1S/C29H35NO4/c1-19(2)18-34-26(31)23-5-4-20(3)24(16-23)21-6-8-22(9-7-21)25-17-28(25)12-14-30(15-13-28)27(32)29(33)10-11-29/h4-9,16,19,25,33H,10-15,17-18H2,1-3H3/t25-/m1/s1. The van der Waals surface area contributed by atoms with Gasteiger partial charge in [-0.25, -0.2) is 4.79 Å². The molecule has 1 amide bonds. The molecule has 1 N–H and O–H groups in total. The number of esters is 1. The van der Waals surface area contributed by atoms with Crippen LogP contribution in [0.1, 0.15) is 73.4 Å². The highest BCUT2D eigenvalue weighted by molar-refractivity contribution is 5.91. The number of nitrogens with zero attached hydrogens (tertiary/aromatic N) is 1. The molecule has 2 aromatic rings. The first kappa shape index (κ1) is 23.1. The third kappa shape index (κ3) is 4.38. The van der Waals surface area contributed by atoms with Crippen molar-refractivity contribution < 1.29 is 19.4 Å². The number of benzene rings is 2. The molecule has 5 nitrogen and oxygen atoms in total. The van der Waals surface area contributed by atoms with Crippen LogP contribution in [-0.2, 0) is 9.53 Å². The molecule has 1 heterocycles. The van der Waals surface area contributed by atoms with Crippen molar-refractivity contribution in [2.45, 2.75) is 64.4 Å². The van der Waals surface area contributed by atoms with Crippen molar-refractivity contribution in [2.75, 3.05) is 19.7 Å². The number of hydrogen-bond donors (Lipinski definition) is 1. The van der Waals surface area contributed by atoms with Crippen molar-refractivity contribution >= 4 is 11.9 Å². The van der Waals surface area contributed by atoms with E-state index in [-0.39, 0.29) is 11.9 Å². The van der Waals surface area contributed by atoms with Gasteiger partial charge in [0.05, 0.1) is 12.2 Å². The van der Waals surface area contributed by atoms with Crippen molar-refractivity contribution in [3.8, 4) is 11.1 Å². The summed E-state index contributed by atoms with van der Waals surface area (Å²) < 4.78 is 5.41. The lowest BCUT2D eigenvalue weighted by Crippen LogP contribution is -2.45. The van der Waals surface area contributed by atoms with Gasteiger partial charge in [-0.2, -0.15) is 0 Å². The molecule has 3 aliphatic rings. The lowest BCUT2D eigenvalue weighted by Gasteiger charge is -2.34. The van der Waals surface area contributed by atoms with Crippen LogP contribution in [0.5, 0.6) is 0 Å². The van der Waals surface area contributed by atoms with Crippen LogP contribution in [-0.4, -0.2) is 47.2 Å². The normalized spacial score (nSPS) is 22.0. The molecule has 2 aliphatic carbocycles. The molecular weight excluding hydrogens is 426 g/mol. The summed E-state index contributed by atoms with van der Waals surface area (Å²) in [5.41, 5.74) is 4.49. The Labute approximate surface area is 202 Å². The molecule has 0 radical (unpaired) electrons. The van der Waals surface area contributed by atoms with E-state index in [1.807, 2.05) is 36.9 Å². The zero-order valence-corrected chi connectivity index (χ0v) is 20.5. The Morgan fingerprint density at radius 2 is 1.74 bits per heavy atom. The zero-order chi connectivity index (χ0) is 24.1. The molecule has 1 spiro atoms. The van der Waals surface area contributed by atoms with E-state index in [2.05, 4.69) is 31.2 Å². The average Bonchev–Trinajstić information content (AvgIpc) is 3.75. The van der Waals surface area contributed by atoms with Crippen LogP contribution >= 0.6 is 0 Å². The minimum absolute atomic E-state index is 0.0606. The van der Waals surface area contributed by atoms with Gasteiger partial charge in [0, 0.05) is 13.1 Å². The lowest BCUT2D eigenvalue weighted by molar-refractivity contribution is -0.144. The van der Waals surface area contributed by atoms with E-state index in [0.717, 1.165) is 42.6 Å². The van der Waals surface area contributed by atoms with E-state index in [1.54, 1.807) is 0 Å². The van der Waals surface area contributed by atoms with E-state index < -0.39 is 5.60 Å². The number of rotatable bonds is 6. The predicted octanol–water partition coefficient (Wildman–Crippen LogP) is 5.10. The second-order valence-corrected chi connectivity index (χ2v) is 11.1. The third-order valence-corrected chi connectivity index (χ3v) is 8.00. The van der Waals surface area contributed by atoms with Crippen molar-refractivity contribution in [3.63, 3.8) is 0 Å². The summed E-state index contributed by atoms with van der Waals surface area (Å²) in [6, 6.07) is 14.5. The highest BCUT2D eigenvalue weighted by Crippen LogP contribution is 2.65. The maximum Gasteiger partial charge on any atom is 0.338 e. The molecule has 5 heteroatoms. The maximum absolute atomic E-state index is 12.4. The Kier molecular flexibility index (Phi) is 5.79. The first-order valence-corrected chi connectivity index (χ1v) is 12.6. The number of piperidine rings is 1. The number of carbonyl (C=O) groups is 2. The molecule has 0 bridgehead atoms. The monoisotopic (exact) mass is 461 g/mol. The average molecular weight is 462 g/mol. The second kappa shape index (κ2) is 8.53. The molecule has 0 unspecified atom stereocenters. The summed E-state index contributed by atoms with van der Waals surface area (Å²) in [4.78, 5) is 26.7. The molecule has 180 valence electrons. The van der Waals surface area contributed by atoms with Crippen LogP contribution in [0, 0.1) is 18.3 Å². The van der Waals surface area contributed by atoms with Crippen molar-refractivity contribution in [3.05, 3.63) is 59.2 Å². The molecule has 2 saturated carbocycles. The zero-order valence-electron chi connectivity index (χ0n) is 20.5. The quantitative estimate of drug-likeness (QED) is 0.608. The van der Waals surface area contributed by atoms with Crippen LogP contribution < -0.4 is 0 Å². The summed E-state index contributed by atoms with van der Waals surface area (Å²) in [6.45, 7) is 8.06. The molecule has 5 rings (SSSR count). The molecular formula is C29H35NO4. The highest BCUT2D eigenvalue weighted by Gasteiger charge is 2.57. The Morgan fingerprint density at radius 3 is 2.35 bits per heavy atom. The Bertz CT molecular complexity index is 1090. The summed E-state index contributed by atoms with van der Waals surface area (Å²) >= 11 is 0. The first-order chi connectivity index (χ1) is 16.2. The van der Waals surface area contributed by atoms with Crippen LogP contribution in [0.25, 0.3) is 11.1 Å². The molecule has 1 aliphatic heterocycles. The van der Waals surface area contributed by atoms with Gasteiger partial charge in [-0.1, -0.05) is 44.2 Å². The largest absolute Gasteiger partial charge is 0.462 e. The number of carbonyl (C=O) groups excluding carboxylic acids is 2. The van der Waals surface area contributed by atoms with Gasteiger partial charge in [0.15, 0.2) is 0 Å². The molecule has 3 fully saturated rings. The number of aliphatic hydroxyl groups is 1. The van der Waals surface area contributed by atoms with Crippen LogP contribution in [0.4, 0.5) is 0 Å². The Balaban J connectivity index is 1.24. The summed E-state index contributed by atoms with van der Waals surface area (Å²) in [5, 5.41) is 10.1. The number of hydrogen-bond acceptors (Lipinski definition) is 4. The second-order valence-electron chi connectivity index (χ2n) is 11.1. The Hall–Kier alpha value is -2.66. The number of amides is 1. The fourth-order valence-corrected chi connectivity index (χ4v) is 5.43. The smallest absolute Gasteiger partial charge is 0.338 e. The molecule has 0 aromatic heterocycles. The molecule has 1 atom stereocenters. The summed E-state index contributed by atoms with van der Waals surface area (Å²) in [6.07, 6.45) is 4.44. The van der Waals surface area contributed by atoms with Gasteiger partial charge < -0.3 is 14.7 Å². The number of aryl methyl sites for hydroxylation is 1. The van der Waals surface area contributed by atoms with Gasteiger partial charge >= 0.3 is 5.97 Å². The van der Waals surface area contributed by atoms with Gasteiger partial charge in [-0.15, -0.1) is 0 Å². The van der Waals surface area contributed by atoms with Crippen LogP contribution in [0.3, 0.4) is 0 Å². The predicted molar refractivity (Wildman–Crippen MR) is 132 cm³/mol. The van der Waals surface area contributed by atoms with E-state index in [9.17, 15) is 14.7 Å². The fourth-order valence-electron chi connectivity index (χ4n) is 5.43. The third-order valence-electron chi connectivity index (χ3n) is 8.00. The minimum Gasteiger partial charge on any atom is -0.462 e. The van der Waals surface area contributed by atoms with Crippen molar-refractivity contribution in [2.24, 2.45) is 11.3 Å². The van der Waals surface area contributed by atoms with Crippen LogP contribution in [0.2, 0.25) is 0 Å². The fraction of sp³-hybridized carbons (Fsp3) is 0.517. The SMILES string of the molecule is Cc1ccc(C(=O)OCC(C)C)cc1-c1ccc([C@H]2CC23CCN(C(=O)C2(O)CC2)CC3)cc1. The Morgan fingerprint density at radius 1 is 1.06 bits per heavy atom. The highest BCUT2D eigenvalue weighted by atomic mass is 16.5. The molecule has 1 saturated heterocycles. The van der Waals surface area contributed by atoms with Gasteiger partial charge in [-0.3, -0.25) is 4.79 Å². The maximum atomic E-state index is 12.4. The lowest BCUT2D eigenvalue weighted by atomic mass is 9.88. The van der Waals surface area contributed by atoms with E-state index in [1.165, 1.54) is 12.0 Å². The van der Waals surface area contributed by atoms with Gasteiger partial charge in [0.1, 0.15) is 5.60 Å². The molecule has 2 aromatic carbocycles. The van der Waals surface area contributed by atoms with Gasteiger partial charge in [0.25, 0.3) is 5.91 Å².